The molecule has 0 amide bonds. The van der Waals surface area contributed by atoms with E-state index in [0.717, 1.165) is 12.6 Å². The first-order valence-electron chi connectivity index (χ1n) is 8.74. The topological polar surface area (TPSA) is 32.5 Å². The van der Waals surface area contributed by atoms with Crippen molar-refractivity contribution in [1.82, 2.24) is 9.80 Å². The molecule has 3 fully saturated rings. The average Bonchev–Trinajstić information content (AvgIpc) is 2.45. The zero-order valence-electron chi connectivity index (χ0n) is 14.1. The molecule has 0 aromatic carbocycles. The predicted octanol–water partition coefficient (Wildman–Crippen LogP) is 2.41. The number of nitrogens with two attached hydrogens (primary N) is 1. The maximum atomic E-state index is 6.35. The van der Waals surface area contributed by atoms with Crippen LogP contribution in [0.5, 0.6) is 0 Å². The minimum Gasteiger partial charge on any atom is -0.329 e. The molecule has 4 heteroatoms. The van der Waals surface area contributed by atoms with Crippen LogP contribution >= 0.6 is 11.8 Å². The van der Waals surface area contributed by atoms with Gasteiger partial charge in [-0.25, -0.2) is 0 Å². The summed E-state index contributed by atoms with van der Waals surface area (Å²) >= 11 is 2.12. The number of piperidine rings is 1. The average molecular weight is 312 g/mol. The van der Waals surface area contributed by atoms with Gasteiger partial charge in [0.1, 0.15) is 0 Å². The van der Waals surface area contributed by atoms with Crippen molar-refractivity contribution < 1.29 is 0 Å². The summed E-state index contributed by atoms with van der Waals surface area (Å²) in [6, 6.07) is 1.44. The van der Waals surface area contributed by atoms with E-state index in [2.05, 4.69) is 42.3 Å². The molecule has 3 nitrogen and oxygen atoms in total. The summed E-state index contributed by atoms with van der Waals surface area (Å²) in [5.74, 6) is 2.51. The standard InChI is InChI=1S/C17H33N3S/c1-14-8-19-7-5-4-6-15(19)9-20(14)17(11-18)10-16(2,3)12-21-13-17/h14-15H,4-13,18H2,1-3H3. The summed E-state index contributed by atoms with van der Waals surface area (Å²) < 4.78 is 0. The fourth-order valence-corrected chi connectivity index (χ4v) is 6.48. The van der Waals surface area contributed by atoms with Crippen LogP contribution in [0.3, 0.4) is 0 Å². The van der Waals surface area contributed by atoms with Crippen molar-refractivity contribution in [2.45, 2.75) is 64.1 Å². The van der Waals surface area contributed by atoms with Gasteiger partial charge < -0.3 is 5.73 Å². The molecule has 0 spiro atoms. The van der Waals surface area contributed by atoms with Crippen LogP contribution in [0.2, 0.25) is 0 Å². The van der Waals surface area contributed by atoms with E-state index in [9.17, 15) is 0 Å². The third kappa shape index (κ3) is 3.15. The quantitative estimate of drug-likeness (QED) is 0.849. The first kappa shape index (κ1) is 16.1. The highest BCUT2D eigenvalue weighted by Gasteiger charge is 2.48. The fraction of sp³-hybridized carbons (Fsp3) is 1.00. The molecule has 0 saturated carbocycles. The van der Waals surface area contributed by atoms with E-state index >= 15 is 0 Å². The Morgan fingerprint density at radius 2 is 2.00 bits per heavy atom. The Morgan fingerprint density at radius 3 is 2.71 bits per heavy atom. The second-order valence-corrected chi connectivity index (χ2v) is 9.39. The zero-order valence-corrected chi connectivity index (χ0v) is 14.9. The molecule has 3 atom stereocenters. The molecule has 0 aromatic rings. The van der Waals surface area contributed by atoms with Crippen LogP contribution in [0.1, 0.15) is 46.5 Å². The molecule has 3 aliphatic rings. The van der Waals surface area contributed by atoms with E-state index in [1.54, 1.807) is 0 Å². The molecule has 3 saturated heterocycles. The summed E-state index contributed by atoms with van der Waals surface area (Å²) in [6.07, 6.45) is 5.47. The summed E-state index contributed by atoms with van der Waals surface area (Å²) in [4.78, 5) is 5.56. The summed E-state index contributed by atoms with van der Waals surface area (Å²) in [5.41, 5.74) is 7.01. The van der Waals surface area contributed by atoms with Crippen LogP contribution in [0.15, 0.2) is 0 Å². The van der Waals surface area contributed by atoms with Crippen LogP contribution in [-0.4, -0.2) is 65.1 Å². The van der Waals surface area contributed by atoms with Gasteiger partial charge in [-0.2, -0.15) is 11.8 Å². The lowest BCUT2D eigenvalue weighted by Crippen LogP contribution is -2.69. The summed E-state index contributed by atoms with van der Waals surface area (Å²) in [5, 5.41) is 0. The predicted molar refractivity (Wildman–Crippen MR) is 92.9 cm³/mol. The molecule has 3 heterocycles. The van der Waals surface area contributed by atoms with Gasteiger partial charge in [0, 0.05) is 43.0 Å². The molecular formula is C17H33N3S. The van der Waals surface area contributed by atoms with Crippen LogP contribution < -0.4 is 5.73 Å². The number of fused-ring (bicyclic) bond motifs is 1. The zero-order chi connectivity index (χ0) is 15.1. The van der Waals surface area contributed by atoms with Crippen LogP contribution in [0.4, 0.5) is 0 Å². The van der Waals surface area contributed by atoms with Gasteiger partial charge in [-0.05, 0) is 43.9 Å². The van der Waals surface area contributed by atoms with Crippen molar-refractivity contribution in [3.63, 3.8) is 0 Å². The van der Waals surface area contributed by atoms with Crippen LogP contribution in [0.25, 0.3) is 0 Å². The maximum absolute atomic E-state index is 6.35. The van der Waals surface area contributed by atoms with E-state index in [0.29, 0.717) is 11.5 Å². The lowest BCUT2D eigenvalue weighted by Gasteiger charge is -2.57. The molecule has 0 aromatic heterocycles. The summed E-state index contributed by atoms with van der Waals surface area (Å²) in [6.45, 7) is 11.9. The minimum atomic E-state index is 0.232. The van der Waals surface area contributed by atoms with Crippen molar-refractivity contribution in [2.75, 3.05) is 37.7 Å². The van der Waals surface area contributed by atoms with Crippen molar-refractivity contribution in [3.05, 3.63) is 0 Å². The van der Waals surface area contributed by atoms with Gasteiger partial charge in [0.05, 0.1) is 0 Å². The highest BCUT2D eigenvalue weighted by atomic mass is 32.2. The Morgan fingerprint density at radius 1 is 1.19 bits per heavy atom. The molecule has 0 bridgehead atoms. The lowest BCUT2D eigenvalue weighted by molar-refractivity contribution is -0.0507. The van der Waals surface area contributed by atoms with E-state index in [4.69, 9.17) is 5.73 Å². The van der Waals surface area contributed by atoms with Crippen molar-refractivity contribution in [2.24, 2.45) is 11.1 Å². The monoisotopic (exact) mass is 311 g/mol. The van der Waals surface area contributed by atoms with E-state index in [-0.39, 0.29) is 5.54 Å². The number of rotatable bonds is 2. The second-order valence-electron chi connectivity index (χ2n) is 8.41. The SMILES string of the molecule is CC1CN2CCCCC2CN1C1(CN)CSCC(C)(C)C1. The molecule has 0 aliphatic carbocycles. The number of thioether (sulfide) groups is 1. The molecule has 122 valence electrons. The fourth-order valence-electron chi connectivity index (χ4n) is 4.96. The largest absolute Gasteiger partial charge is 0.329 e. The highest BCUT2D eigenvalue weighted by Crippen LogP contribution is 2.43. The Kier molecular flexibility index (Phi) is 4.62. The van der Waals surface area contributed by atoms with Crippen LogP contribution in [0, 0.1) is 5.41 Å². The van der Waals surface area contributed by atoms with Gasteiger partial charge in [-0.15, -0.1) is 0 Å². The molecule has 3 unspecified atom stereocenters. The first-order chi connectivity index (χ1) is 9.96. The van der Waals surface area contributed by atoms with Gasteiger partial charge in [0.25, 0.3) is 0 Å². The lowest BCUT2D eigenvalue weighted by atomic mass is 9.77. The smallest absolute Gasteiger partial charge is 0.0431 e. The number of hydrogen-bond acceptors (Lipinski definition) is 4. The van der Waals surface area contributed by atoms with E-state index in [1.807, 2.05) is 0 Å². The molecule has 3 aliphatic heterocycles. The van der Waals surface area contributed by atoms with Gasteiger partial charge in [0.2, 0.25) is 0 Å². The van der Waals surface area contributed by atoms with Gasteiger partial charge in [-0.1, -0.05) is 20.3 Å². The second kappa shape index (κ2) is 6.03. The van der Waals surface area contributed by atoms with Gasteiger partial charge in [-0.3, -0.25) is 9.80 Å². The Balaban J connectivity index is 1.79. The third-order valence-corrected chi connectivity index (χ3v) is 7.57. The molecular weight excluding hydrogens is 278 g/mol. The Bertz CT molecular complexity index is 373. The Labute approximate surface area is 135 Å². The highest BCUT2D eigenvalue weighted by molar-refractivity contribution is 7.99. The summed E-state index contributed by atoms with van der Waals surface area (Å²) in [7, 11) is 0. The first-order valence-corrected chi connectivity index (χ1v) is 9.90. The van der Waals surface area contributed by atoms with Gasteiger partial charge >= 0.3 is 0 Å². The molecule has 3 rings (SSSR count). The van der Waals surface area contributed by atoms with Crippen molar-refractivity contribution in [1.29, 1.82) is 0 Å². The van der Waals surface area contributed by atoms with Crippen molar-refractivity contribution in [3.8, 4) is 0 Å². The van der Waals surface area contributed by atoms with Crippen LogP contribution in [-0.2, 0) is 0 Å². The Hall–Kier alpha value is 0.230. The molecule has 2 N–H and O–H groups in total. The minimum absolute atomic E-state index is 0.232. The third-order valence-electron chi connectivity index (χ3n) is 5.85. The maximum Gasteiger partial charge on any atom is 0.0431 e. The normalized spacial score (nSPS) is 41.7. The number of hydrogen-bond donors (Lipinski definition) is 1. The molecule has 0 radical (unpaired) electrons. The molecule has 21 heavy (non-hydrogen) atoms. The number of piperazine rings is 1. The van der Waals surface area contributed by atoms with Crippen molar-refractivity contribution >= 4 is 11.8 Å². The van der Waals surface area contributed by atoms with E-state index < -0.39 is 0 Å². The van der Waals surface area contributed by atoms with Gasteiger partial charge in [0.15, 0.2) is 0 Å². The van der Waals surface area contributed by atoms with E-state index in [1.165, 1.54) is 56.8 Å². The number of nitrogens with zero attached hydrogens (tertiary/aromatic N) is 2.